The van der Waals surface area contributed by atoms with Gasteiger partial charge in [-0.05, 0) is 37.0 Å². The van der Waals surface area contributed by atoms with Crippen LogP contribution in [0.25, 0.3) is 10.9 Å². The summed E-state index contributed by atoms with van der Waals surface area (Å²) in [6.07, 6.45) is 1.26. The number of benzene rings is 3. The van der Waals surface area contributed by atoms with Crippen molar-refractivity contribution in [1.29, 1.82) is 0 Å². The molecule has 3 aromatic carbocycles. The van der Waals surface area contributed by atoms with Gasteiger partial charge < -0.3 is 14.8 Å². The van der Waals surface area contributed by atoms with Crippen molar-refractivity contribution in [3.63, 3.8) is 0 Å². The van der Waals surface area contributed by atoms with Crippen molar-refractivity contribution in [2.24, 2.45) is 0 Å². The average Bonchev–Trinajstić information content (AvgIpc) is 3.38. The van der Waals surface area contributed by atoms with Gasteiger partial charge in [-0.25, -0.2) is 4.98 Å². The summed E-state index contributed by atoms with van der Waals surface area (Å²) in [6.45, 7) is 5.02. The Morgan fingerprint density at radius 3 is 2.51 bits per heavy atom. The van der Waals surface area contributed by atoms with Gasteiger partial charge in [0.25, 0.3) is 5.56 Å². The Morgan fingerprint density at radius 1 is 1.05 bits per heavy atom. The van der Waals surface area contributed by atoms with Gasteiger partial charge in [-0.1, -0.05) is 78.8 Å². The van der Waals surface area contributed by atoms with Crippen LogP contribution in [-0.2, 0) is 24.3 Å². The number of hydrogen-bond acceptors (Lipinski definition) is 6. The minimum atomic E-state index is -0.396. The van der Waals surface area contributed by atoms with Gasteiger partial charge in [-0.3, -0.25) is 14.2 Å². The number of thioether (sulfide) groups is 1. The second kappa shape index (κ2) is 11.1. The first kappa shape index (κ1) is 24.9. The third-order valence-electron chi connectivity index (χ3n) is 6.38. The zero-order valence-electron chi connectivity index (χ0n) is 20.9. The van der Waals surface area contributed by atoms with E-state index in [1.165, 1.54) is 17.3 Å². The summed E-state index contributed by atoms with van der Waals surface area (Å²) >= 11 is 1.33. The lowest BCUT2D eigenvalue weighted by atomic mass is 10.1. The van der Waals surface area contributed by atoms with Crippen LogP contribution in [-0.4, -0.2) is 27.5 Å². The normalized spacial score (nSPS) is 13.0. The van der Waals surface area contributed by atoms with Gasteiger partial charge in [0.15, 0.2) is 16.7 Å². The predicted octanol–water partition coefficient (Wildman–Crippen LogP) is 4.86. The Kier molecular flexibility index (Phi) is 7.46. The molecule has 1 aromatic heterocycles. The number of hydrogen-bond donors (Lipinski definition) is 1. The summed E-state index contributed by atoms with van der Waals surface area (Å²) in [4.78, 5) is 31.6. The standard InChI is InChI=1S/C29H29N3O4S/c1-3-26(27(33)30-17-21-11-9-19(2)10-12-21)37-29-31-23-16-25-24(35-18-36-25)15-22(23)28(34)32(29)14-13-20-7-5-4-6-8-20/h4-12,15-16,26H,3,13-14,17-18H2,1-2H3,(H,30,33). The fraction of sp³-hybridized carbons (Fsp3) is 0.276. The van der Waals surface area contributed by atoms with Crippen LogP contribution >= 0.6 is 11.8 Å². The van der Waals surface area contributed by atoms with E-state index in [2.05, 4.69) is 5.32 Å². The predicted molar refractivity (Wildman–Crippen MR) is 145 cm³/mol. The third kappa shape index (κ3) is 5.64. The molecule has 1 aliphatic heterocycles. The van der Waals surface area contributed by atoms with Gasteiger partial charge in [0.05, 0.1) is 16.2 Å². The highest BCUT2D eigenvalue weighted by molar-refractivity contribution is 8.00. The number of aryl methyl sites for hydroxylation is 2. The van der Waals surface area contributed by atoms with Crippen LogP contribution in [0.1, 0.15) is 30.0 Å². The van der Waals surface area contributed by atoms with Crippen molar-refractivity contribution in [1.82, 2.24) is 14.9 Å². The van der Waals surface area contributed by atoms with E-state index >= 15 is 0 Å². The van der Waals surface area contributed by atoms with E-state index in [0.29, 0.717) is 53.5 Å². The van der Waals surface area contributed by atoms with E-state index in [1.807, 2.05) is 68.4 Å². The van der Waals surface area contributed by atoms with Crippen molar-refractivity contribution in [3.05, 3.63) is 93.8 Å². The number of amides is 1. The van der Waals surface area contributed by atoms with Crippen molar-refractivity contribution < 1.29 is 14.3 Å². The Labute approximate surface area is 219 Å². The third-order valence-corrected chi connectivity index (χ3v) is 7.73. The molecule has 7 nitrogen and oxygen atoms in total. The van der Waals surface area contributed by atoms with Crippen molar-refractivity contribution in [2.45, 2.75) is 50.2 Å². The first-order chi connectivity index (χ1) is 18.0. The van der Waals surface area contributed by atoms with Gasteiger partial charge in [-0.15, -0.1) is 0 Å². The highest BCUT2D eigenvalue weighted by Gasteiger charge is 2.24. The van der Waals surface area contributed by atoms with Gasteiger partial charge in [-0.2, -0.15) is 0 Å². The lowest BCUT2D eigenvalue weighted by molar-refractivity contribution is -0.120. The molecule has 0 radical (unpaired) electrons. The number of nitrogens with one attached hydrogen (secondary N) is 1. The van der Waals surface area contributed by atoms with Crippen LogP contribution < -0.4 is 20.3 Å². The largest absolute Gasteiger partial charge is 0.454 e. The number of fused-ring (bicyclic) bond motifs is 2. The summed E-state index contributed by atoms with van der Waals surface area (Å²) in [7, 11) is 0. The molecule has 0 bridgehead atoms. The number of rotatable bonds is 9. The first-order valence-electron chi connectivity index (χ1n) is 12.4. The van der Waals surface area contributed by atoms with E-state index in [-0.39, 0.29) is 18.3 Å². The van der Waals surface area contributed by atoms with Crippen molar-refractivity contribution >= 4 is 28.6 Å². The minimum absolute atomic E-state index is 0.0808. The molecule has 1 atom stereocenters. The number of nitrogens with zero attached hydrogens (tertiary/aromatic N) is 2. The molecule has 0 saturated carbocycles. The van der Waals surface area contributed by atoms with E-state index in [4.69, 9.17) is 14.5 Å². The zero-order valence-corrected chi connectivity index (χ0v) is 21.7. The van der Waals surface area contributed by atoms with Crippen molar-refractivity contribution in [3.8, 4) is 11.5 Å². The summed E-state index contributed by atoms with van der Waals surface area (Å²) in [5, 5.41) is 3.63. The van der Waals surface area contributed by atoms with E-state index in [9.17, 15) is 9.59 Å². The summed E-state index contributed by atoms with van der Waals surface area (Å²) in [6, 6.07) is 21.5. The van der Waals surface area contributed by atoms with E-state index < -0.39 is 5.25 Å². The lowest BCUT2D eigenvalue weighted by Gasteiger charge is -2.18. The quantitative estimate of drug-likeness (QED) is 0.253. The molecule has 0 saturated heterocycles. The molecule has 8 heteroatoms. The zero-order chi connectivity index (χ0) is 25.8. The maximum Gasteiger partial charge on any atom is 0.262 e. The van der Waals surface area contributed by atoms with Crippen molar-refractivity contribution in [2.75, 3.05) is 6.79 Å². The average molecular weight is 516 g/mol. The van der Waals surface area contributed by atoms with Crippen LogP contribution in [0.15, 0.2) is 76.7 Å². The smallest absolute Gasteiger partial charge is 0.262 e. The molecule has 0 spiro atoms. The topological polar surface area (TPSA) is 82.5 Å². The molecule has 1 aliphatic rings. The van der Waals surface area contributed by atoms with Gasteiger partial charge in [0, 0.05) is 19.2 Å². The van der Waals surface area contributed by atoms with Gasteiger partial charge in [0.1, 0.15) is 0 Å². The number of carbonyl (C=O) groups is 1. The Balaban J connectivity index is 1.43. The minimum Gasteiger partial charge on any atom is -0.454 e. The van der Waals surface area contributed by atoms with Gasteiger partial charge in [0.2, 0.25) is 12.7 Å². The highest BCUT2D eigenvalue weighted by Crippen LogP contribution is 2.35. The Morgan fingerprint density at radius 2 is 1.78 bits per heavy atom. The molecule has 1 unspecified atom stereocenters. The molecule has 1 amide bonds. The number of aromatic nitrogens is 2. The molecule has 0 aliphatic carbocycles. The molecular formula is C29H29N3O4S. The molecule has 190 valence electrons. The summed E-state index contributed by atoms with van der Waals surface area (Å²) in [5.41, 5.74) is 3.72. The number of ether oxygens (including phenoxy) is 2. The molecule has 0 fully saturated rings. The molecular weight excluding hydrogens is 486 g/mol. The molecule has 4 aromatic rings. The Bertz CT molecular complexity index is 1470. The van der Waals surface area contributed by atoms with E-state index in [1.54, 1.807) is 16.7 Å². The fourth-order valence-corrected chi connectivity index (χ4v) is 5.29. The lowest BCUT2D eigenvalue weighted by Crippen LogP contribution is -2.33. The first-order valence-corrected chi connectivity index (χ1v) is 13.3. The van der Waals surface area contributed by atoms with Crippen LogP contribution in [0.2, 0.25) is 0 Å². The SMILES string of the molecule is CCC(Sc1nc2cc3c(cc2c(=O)n1CCc1ccccc1)OCO3)C(=O)NCc1ccc(C)cc1. The number of carbonyl (C=O) groups excluding carboxylic acids is 1. The molecule has 2 heterocycles. The monoisotopic (exact) mass is 515 g/mol. The maximum absolute atomic E-state index is 13.7. The molecule has 5 rings (SSSR count). The maximum atomic E-state index is 13.7. The summed E-state index contributed by atoms with van der Waals surface area (Å²) < 4.78 is 12.7. The Hall–Kier alpha value is -3.78. The van der Waals surface area contributed by atoms with Crippen LogP contribution in [0.5, 0.6) is 11.5 Å². The van der Waals surface area contributed by atoms with Crippen LogP contribution in [0.3, 0.4) is 0 Å². The highest BCUT2D eigenvalue weighted by atomic mass is 32.2. The molecule has 37 heavy (non-hydrogen) atoms. The fourth-order valence-electron chi connectivity index (χ4n) is 4.22. The second-order valence-electron chi connectivity index (χ2n) is 9.03. The van der Waals surface area contributed by atoms with Crippen LogP contribution in [0.4, 0.5) is 0 Å². The second-order valence-corrected chi connectivity index (χ2v) is 10.2. The van der Waals surface area contributed by atoms with Crippen LogP contribution in [0, 0.1) is 6.92 Å². The summed E-state index contributed by atoms with van der Waals surface area (Å²) in [5.74, 6) is 1.03. The van der Waals surface area contributed by atoms with Gasteiger partial charge >= 0.3 is 0 Å². The van der Waals surface area contributed by atoms with E-state index in [0.717, 1.165) is 11.1 Å². The molecule has 1 N–H and O–H groups in total.